The molecule has 1 aromatic carbocycles. The van der Waals surface area contributed by atoms with E-state index in [9.17, 15) is 19.5 Å². The number of rotatable bonds is 6. The Kier molecular flexibility index (Phi) is 6.06. The molecule has 3 heterocycles. The lowest BCUT2D eigenvalue weighted by molar-refractivity contribution is -0.143. The van der Waals surface area contributed by atoms with Crippen molar-refractivity contribution >= 4 is 29.5 Å². The van der Waals surface area contributed by atoms with E-state index in [-0.39, 0.29) is 29.1 Å². The number of nitrogens with zero attached hydrogens (tertiary/aromatic N) is 1. The molecule has 2 unspecified atom stereocenters. The first-order chi connectivity index (χ1) is 15.5. The minimum Gasteiger partial charge on any atom is -0.394 e. The van der Waals surface area contributed by atoms with E-state index in [1.807, 2.05) is 51.1 Å². The number of nitrogens with one attached hydrogen (secondary N) is 2. The zero-order chi connectivity index (χ0) is 24.2. The van der Waals surface area contributed by atoms with Crippen molar-refractivity contribution in [3.05, 3.63) is 35.9 Å². The fourth-order valence-corrected chi connectivity index (χ4v) is 8.53. The van der Waals surface area contributed by atoms with Gasteiger partial charge in [-0.05, 0) is 52.5 Å². The van der Waals surface area contributed by atoms with Gasteiger partial charge in [0.25, 0.3) is 0 Å². The predicted octanol–water partition coefficient (Wildman–Crippen LogP) is 1.73. The number of aliphatic hydroxyl groups is 1. The molecular weight excluding hydrogens is 438 g/mol. The van der Waals surface area contributed by atoms with Crippen LogP contribution in [0.4, 0.5) is 0 Å². The van der Waals surface area contributed by atoms with Gasteiger partial charge in [-0.2, -0.15) is 0 Å². The largest absolute Gasteiger partial charge is 0.394 e. The Morgan fingerprint density at radius 2 is 1.88 bits per heavy atom. The van der Waals surface area contributed by atoms with E-state index in [1.165, 1.54) is 0 Å². The van der Waals surface area contributed by atoms with Gasteiger partial charge in [0, 0.05) is 17.3 Å². The Bertz CT molecular complexity index is 949. The molecule has 0 radical (unpaired) electrons. The Morgan fingerprint density at radius 1 is 1.21 bits per heavy atom. The summed E-state index contributed by atoms with van der Waals surface area (Å²) in [6.07, 6.45) is 1.91. The maximum atomic E-state index is 14.1. The lowest BCUT2D eigenvalue weighted by Crippen LogP contribution is -2.59. The Morgan fingerprint density at radius 3 is 2.45 bits per heavy atom. The summed E-state index contributed by atoms with van der Waals surface area (Å²) >= 11 is 1.64. The molecular formula is C25H35N3O4S. The summed E-state index contributed by atoms with van der Waals surface area (Å²) < 4.78 is -1.07. The van der Waals surface area contributed by atoms with Gasteiger partial charge in [0.15, 0.2) is 0 Å². The average molecular weight is 474 g/mol. The Balaban J connectivity index is 1.79. The van der Waals surface area contributed by atoms with Crippen molar-refractivity contribution in [1.29, 1.82) is 0 Å². The molecule has 1 spiro atoms. The highest BCUT2D eigenvalue weighted by atomic mass is 32.2. The van der Waals surface area contributed by atoms with Crippen LogP contribution in [0.2, 0.25) is 0 Å². The molecule has 0 saturated carbocycles. The predicted molar refractivity (Wildman–Crippen MR) is 129 cm³/mol. The molecule has 0 aliphatic carbocycles. The Hall–Kier alpha value is -2.06. The monoisotopic (exact) mass is 473 g/mol. The van der Waals surface area contributed by atoms with E-state index in [0.717, 1.165) is 12.0 Å². The van der Waals surface area contributed by atoms with Crippen LogP contribution in [0.25, 0.3) is 0 Å². The summed E-state index contributed by atoms with van der Waals surface area (Å²) in [5.41, 5.74) is 0.515. The minimum absolute atomic E-state index is 0.148. The maximum Gasteiger partial charge on any atom is 0.244 e. The first-order valence-electron chi connectivity index (χ1n) is 11.7. The van der Waals surface area contributed by atoms with Crippen LogP contribution in [0.1, 0.15) is 46.1 Å². The SMILES string of the molecule is CNC(=O)[C@H]1[C@H]2C(=O)N([C@@H](CO)Cc3ccccc3)C(C(=O)NC(C)(C)C)C23CC[C@]1(C)S3. The third-order valence-electron chi connectivity index (χ3n) is 7.41. The van der Waals surface area contributed by atoms with Crippen molar-refractivity contribution < 1.29 is 19.5 Å². The second kappa shape index (κ2) is 8.31. The third-order valence-corrected chi connectivity index (χ3v) is 9.39. The van der Waals surface area contributed by atoms with Crippen molar-refractivity contribution in [3.8, 4) is 0 Å². The number of fused-ring (bicyclic) bond motifs is 1. The van der Waals surface area contributed by atoms with Gasteiger partial charge < -0.3 is 20.6 Å². The quantitative estimate of drug-likeness (QED) is 0.585. The van der Waals surface area contributed by atoms with Gasteiger partial charge in [-0.3, -0.25) is 14.4 Å². The molecule has 2 bridgehead atoms. The van der Waals surface area contributed by atoms with Crippen molar-refractivity contribution in [3.63, 3.8) is 0 Å². The van der Waals surface area contributed by atoms with E-state index >= 15 is 0 Å². The van der Waals surface area contributed by atoms with E-state index in [0.29, 0.717) is 12.8 Å². The van der Waals surface area contributed by atoms with Crippen LogP contribution in [0.3, 0.4) is 0 Å². The van der Waals surface area contributed by atoms with Crippen LogP contribution in [-0.2, 0) is 20.8 Å². The highest BCUT2D eigenvalue weighted by Crippen LogP contribution is 2.71. The van der Waals surface area contributed by atoms with E-state index in [4.69, 9.17) is 0 Å². The van der Waals surface area contributed by atoms with Crippen LogP contribution in [0, 0.1) is 11.8 Å². The Labute approximate surface area is 200 Å². The van der Waals surface area contributed by atoms with Crippen molar-refractivity contribution in [1.82, 2.24) is 15.5 Å². The van der Waals surface area contributed by atoms with E-state index in [2.05, 4.69) is 17.6 Å². The molecule has 33 heavy (non-hydrogen) atoms. The lowest BCUT2D eigenvalue weighted by atomic mass is 9.66. The molecule has 3 fully saturated rings. The fraction of sp³-hybridized carbons (Fsp3) is 0.640. The molecule has 0 aromatic heterocycles. The van der Waals surface area contributed by atoms with Crippen LogP contribution >= 0.6 is 11.8 Å². The van der Waals surface area contributed by atoms with Crippen molar-refractivity contribution in [2.45, 2.75) is 74.1 Å². The van der Waals surface area contributed by atoms with Gasteiger partial charge in [-0.1, -0.05) is 30.3 Å². The van der Waals surface area contributed by atoms with Crippen molar-refractivity contribution in [2.75, 3.05) is 13.7 Å². The molecule has 1 aromatic rings. The van der Waals surface area contributed by atoms with Gasteiger partial charge in [-0.15, -0.1) is 11.8 Å². The summed E-state index contributed by atoms with van der Waals surface area (Å²) in [4.78, 5) is 42.4. The molecule has 3 amide bonds. The lowest BCUT2D eigenvalue weighted by Gasteiger charge is -2.38. The van der Waals surface area contributed by atoms with Crippen LogP contribution in [0.5, 0.6) is 0 Å². The first-order valence-corrected chi connectivity index (χ1v) is 12.5. The zero-order valence-corrected chi connectivity index (χ0v) is 20.9. The van der Waals surface area contributed by atoms with Crippen molar-refractivity contribution in [2.24, 2.45) is 11.8 Å². The minimum atomic E-state index is -0.739. The number of carbonyl (C=O) groups excluding carboxylic acids is 3. The maximum absolute atomic E-state index is 14.1. The molecule has 4 rings (SSSR count). The first kappa shape index (κ1) is 24.1. The van der Waals surface area contributed by atoms with Crippen LogP contribution < -0.4 is 10.6 Å². The summed E-state index contributed by atoms with van der Waals surface area (Å²) in [7, 11) is 1.60. The normalized spacial score (nSPS) is 33.7. The van der Waals surface area contributed by atoms with Gasteiger partial charge in [-0.25, -0.2) is 0 Å². The number of likely N-dealkylation sites (tertiary alicyclic amines) is 1. The van der Waals surface area contributed by atoms with Gasteiger partial charge in [0.05, 0.1) is 29.2 Å². The molecule has 6 atom stereocenters. The second-order valence-corrected chi connectivity index (χ2v) is 12.7. The zero-order valence-electron chi connectivity index (χ0n) is 20.1. The van der Waals surface area contributed by atoms with Gasteiger partial charge in [0.1, 0.15) is 6.04 Å². The van der Waals surface area contributed by atoms with E-state index in [1.54, 1.807) is 23.7 Å². The number of carbonyl (C=O) groups is 3. The summed E-state index contributed by atoms with van der Waals surface area (Å²) in [5, 5.41) is 16.2. The third kappa shape index (κ3) is 3.85. The topological polar surface area (TPSA) is 98.7 Å². The van der Waals surface area contributed by atoms with Gasteiger partial charge >= 0.3 is 0 Å². The molecule has 180 valence electrons. The fourth-order valence-electron chi connectivity index (χ4n) is 6.19. The number of benzene rings is 1. The highest BCUT2D eigenvalue weighted by Gasteiger charge is 2.77. The van der Waals surface area contributed by atoms with E-state index < -0.39 is 34.2 Å². The molecule has 3 saturated heterocycles. The average Bonchev–Trinajstić information content (AvgIpc) is 3.32. The standard InChI is InChI=1S/C25H35N3O4S/c1-23(2,3)27-21(31)19-25-12-11-24(4,33-25)17(20(30)26-5)18(25)22(32)28(19)16(14-29)13-15-9-7-6-8-10-15/h6-10,16-19,29H,11-14H2,1-5H3,(H,26,30)(H,27,31)/t16-,17-,18+,19?,24+,25?/m1/s1. The number of aliphatic hydroxyl groups excluding tert-OH is 1. The highest BCUT2D eigenvalue weighted by molar-refractivity contribution is 8.02. The molecule has 7 nitrogen and oxygen atoms in total. The number of amides is 3. The molecule has 8 heteroatoms. The van der Waals surface area contributed by atoms with Crippen LogP contribution in [-0.4, -0.2) is 68.5 Å². The summed E-state index contributed by atoms with van der Waals surface area (Å²) in [5.74, 6) is -1.63. The summed E-state index contributed by atoms with van der Waals surface area (Å²) in [6.45, 7) is 7.55. The number of hydrogen-bond acceptors (Lipinski definition) is 5. The molecule has 3 aliphatic rings. The molecule has 3 N–H and O–H groups in total. The molecule has 3 aliphatic heterocycles. The summed E-state index contributed by atoms with van der Waals surface area (Å²) in [6, 6.07) is 8.40. The number of thioether (sulfide) groups is 1. The van der Waals surface area contributed by atoms with Gasteiger partial charge in [0.2, 0.25) is 17.7 Å². The number of hydrogen-bond donors (Lipinski definition) is 3. The van der Waals surface area contributed by atoms with Crippen LogP contribution in [0.15, 0.2) is 30.3 Å². The second-order valence-electron chi connectivity index (χ2n) is 10.9. The smallest absolute Gasteiger partial charge is 0.244 e.